The van der Waals surface area contributed by atoms with Crippen LogP contribution in [-0.4, -0.2) is 29.0 Å². The molecule has 1 saturated heterocycles. The third-order valence-electron chi connectivity index (χ3n) is 4.37. The summed E-state index contributed by atoms with van der Waals surface area (Å²) in [5.41, 5.74) is 0.407. The van der Waals surface area contributed by atoms with Crippen molar-refractivity contribution < 1.29 is 9.90 Å². The fourth-order valence-corrected chi connectivity index (χ4v) is 2.87. The van der Waals surface area contributed by atoms with Crippen LogP contribution in [0.15, 0.2) is 36.4 Å². The zero-order chi connectivity index (χ0) is 14.3. The van der Waals surface area contributed by atoms with Crippen LogP contribution in [0.4, 0.5) is 0 Å². The molecule has 0 aliphatic carbocycles. The summed E-state index contributed by atoms with van der Waals surface area (Å²) in [5, 5.41) is 12.1. The molecule has 2 aromatic rings. The van der Waals surface area contributed by atoms with Gasteiger partial charge in [-0.1, -0.05) is 38.1 Å². The first kappa shape index (κ1) is 13.0. The van der Waals surface area contributed by atoms with E-state index >= 15 is 0 Å². The fraction of sp³-hybridized carbons (Fsp3) is 0.353. The number of phenols is 1. The lowest BCUT2D eigenvalue weighted by Gasteiger charge is -2.17. The van der Waals surface area contributed by atoms with Gasteiger partial charge in [-0.3, -0.25) is 4.79 Å². The Morgan fingerprint density at radius 3 is 2.25 bits per heavy atom. The smallest absolute Gasteiger partial charge is 0.257 e. The second-order valence-corrected chi connectivity index (χ2v) is 5.88. The molecule has 3 heteroatoms. The molecule has 1 N–H and O–H groups in total. The Hall–Kier alpha value is -2.03. The number of aromatic hydroxyl groups is 1. The molecule has 1 aliphatic heterocycles. The van der Waals surface area contributed by atoms with Crippen molar-refractivity contribution in [2.75, 3.05) is 13.1 Å². The normalized spacial score (nSPS) is 22.4. The van der Waals surface area contributed by atoms with Crippen LogP contribution in [0.5, 0.6) is 5.75 Å². The minimum Gasteiger partial charge on any atom is -0.507 e. The molecule has 3 nitrogen and oxygen atoms in total. The second-order valence-electron chi connectivity index (χ2n) is 5.88. The van der Waals surface area contributed by atoms with E-state index in [1.165, 1.54) is 0 Å². The van der Waals surface area contributed by atoms with Crippen molar-refractivity contribution in [3.05, 3.63) is 42.0 Å². The second kappa shape index (κ2) is 4.82. The molecule has 1 aliphatic rings. The summed E-state index contributed by atoms with van der Waals surface area (Å²) in [6.07, 6.45) is 0. The number of likely N-dealkylation sites (tertiary alicyclic amines) is 1. The van der Waals surface area contributed by atoms with Crippen molar-refractivity contribution in [3.63, 3.8) is 0 Å². The third-order valence-corrected chi connectivity index (χ3v) is 4.37. The average molecular weight is 269 g/mol. The summed E-state index contributed by atoms with van der Waals surface area (Å²) in [6.45, 7) is 5.87. The van der Waals surface area contributed by atoms with Gasteiger partial charge in [0.15, 0.2) is 0 Å². The van der Waals surface area contributed by atoms with Crippen LogP contribution in [0, 0.1) is 11.8 Å². The van der Waals surface area contributed by atoms with E-state index in [1.807, 2.05) is 29.2 Å². The Morgan fingerprint density at radius 1 is 1.10 bits per heavy atom. The number of carbonyl (C=O) groups is 1. The highest BCUT2D eigenvalue weighted by Gasteiger charge is 2.30. The van der Waals surface area contributed by atoms with Crippen LogP contribution in [0.2, 0.25) is 0 Å². The monoisotopic (exact) mass is 269 g/mol. The minimum absolute atomic E-state index is 0.0653. The molecular weight excluding hydrogens is 250 g/mol. The van der Waals surface area contributed by atoms with Gasteiger partial charge in [0.1, 0.15) is 5.75 Å². The van der Waals surface area contributed by atoms with E-state index < -0.39 is 0 Å². The summed E-state index contributed by atoms with van der Waals surface area (Å²) in [7, 11) is 0. The number of benzene rings is 2. The van der Waals surface area contributed by atoms with Crippen molar-refractivity contribution >= 4 is 16.7 Å². The number of hydrogen-bond donors (Lipinski definition) is 1. The molecule has 0 radical (unpaired) electrons. The Labute approximate surface area is 118 Å². The Bertz CT molecular complexity index is 655. The van der Waals surface area contributed by atoms with E-state index in [0.29, 0.717) is 17.4 Å². The zero-order valence-corrected chi connectivity index (χ0v) is 11.8. The number of fused-ring (bicyclic) bond motifs is 1. The highest BCUT2D eigenvalue weighted by atomic mass is 16.3. The SMILES string of the molecule is CC1CN(C(=O)c2cc3ccccc3cc2O)CC1C. The lowest BCUT2D eigenvalue weighted by atomic mass is 10.0. The first-order valence-corrected chi connectivity index (χ1v) is 7.07. The molecule has 0 spiro atoms. The highest BCUT2D eigenvalue weighted by molar-refractivity contribution is 6.01. The fourth-order valence-electron chi connectivity index (χ4n) is 2.87. The predicted molar refractivity (Wildman–Crippen MR) is 79.8 cm³/mol. The lowest BCUT2D eigenvalue weighted by Crippen LogP contribution is -2.28. The number of phenolic OH excluding ortho intramolecular Hbond substituents is 1. The van der Waals surface area contributed by atoms with Gasteiger partial charge in [-0.2, -0.15) is 0 Å². The summed E-state index contributed by atoms with van der Waals surface area (Å²) in [5.74, 6) is 1.04. The maximum atomic E-state index is 12.6. The Balaban J connectivity index is 1.97. The molecule has 0 saturated carbocycles. The molecule has 2 unspecified atom stereocenters. The number of nitrogens with zero attached hydrogens (tertiary/aromatic N) is 1. The number of carbonyl (C=O) groups excluding carboxylic acids is 1. The quantitative estimate of drug-likeness (QED) is 0.863. The first-order valence-electron chi connectivity index (χ1n) is 7.07. The first-order chi connectivity index (χ1) is 9.56. The van der Waals surface area contributed by atoms with Crippen LogP contribution in [0.25, 0.3) is 10.8 Å². The van der Waals surface area contributed by atoms with E-state index in [-0.39, 0.29) is 11.7 Å². The van der Waals surface area contributed by atoms with Gasteiger partial charge in [-0.05, 0) is 34.7 Å². The summed E-state index contributed by atoms with van der Waals surface area (Å²) < 4.78 is 0. The summed E-state index contributed by atoms with van der Waals surface area (Å²) in [4.78, 5) is 14.4. The van der Waals surface area contributed by atoms with E-state index in [1.54, 1.807) is 12.1 Å². The largest absolute Gasteiger partial charge is 0.507 e. The maximum absolute atomic E-state index is 12.6. The van der Waals surface area contributed by atoms with Crippen molar-refractivity contribution in [2.24, 2.45) is 11.8 Å². The van der Waals surface area contributed by atoms with Gasteiger partial charge < -0.3 is 10.0 Å². The van der Waals surface area contributed by atoms with Crippen LogP contribution < -0.4 is 0 Å². The maximum Gasteiger partial charge on any atom is 0.257 e. The van der Waals surface area contributed by atoms with Crippen LogP contribution in [-0.2, 0) is 0 Å². The molecule has 2 aromatic carbocycles. The van der Waals surface area contributed by atoms with Gasteiger partial charge in [0.05, 0.1) is 5.56 Å². The van der Waals surface area contributed by atoms with Crippen LogP contribution in [0.3, 0.4) is 0 Å². The van der Waals surface area contributed by atoms with Crippen LogP contribution >= 0.6 is 0 Å². The molecule has 1 fully saturated rings. The molecule has 3 rings (SSSR count). The summed E-state index contributed by atoms with van der Waals surface area (Å²) in [6, 6.07) is 11.2. The van der Waals surface area contributed by atoms with E-state index in [4.69, 9.17) is 0 Å². The number of amides is 1. The highest BCUT2D eigenvalue weighted by Crippen LogP contribution is 2.29. The van der Waals surface area contributed by atoms with Gasteiger partial charge in [0, 0.05) is 13.1 Å². The van der Waals surface area contributed by atoms with E-state index in [2.05, 4.69) is 13.8 Å². The number of hydrogen-bond acceptors (Lipinski definition) is 2. The standard InChI is InChI=1S/C17H19NO2/c1-11-9-18(10-12(11)2)17(20)15-7-13-5-3-4-6-14(13)8-16(15)19/h3-8,11-12,19H,9-10H2,1-2H3. The zero-order valence-electron chi connectivity index (χ0n) is 11.8. The molecule has 1 amide bonds. The van der Waals surface area contributed by atoms with Crippen molar-refractivity contribution in [2.45, 2.75) is 13.8 Å². The Kier molecular flexibility index (Phi) is 3.13. The van der Waals surface area contributed by atoms with Gasteiger partial charge in [-0.15, -0.1) is 0 Å². The van der Waals surface area contributed by atoms with Gasteiger partial charge in [0.2, 0.25) is 0 Å². The molecule has 1 heterocycles. The molecule has 0 bridgehead atoms. The van der Waals surface area contributed by atoms with Crippen LogP contribution in [0.1, 0.15) is 24.2 Å². The van der Waals surface area contributed by atoms with E-state index in [0.717, 1.165) is 23.9 Å². The van der Waals surface area contributed by atoms with Gasteiger partial charge in [0.25, 0.3) is 5.91 Å². The summed E-state index contributed by atoms with van der Waals surface area (Å²) >= 11 is 0. The van der Waals surface area contributed by atoms with Crippen molar-refractivity contribution in [1.29, 1.82) is 0 Å². The molecule has 104 valence electrons. The van der Waals surface area contributed by atoms with Gasteiger partial charge >= 0.3 is 0 Å². The van der Waals surface area contributed by atoms with Gasteiger partial charge in [-0.25, -0.2) is 0 Å². The lowest BCUT2D eigenvalue weighted by molar-refractivity contribution is 0.0782. The molecule has 20 heavy (non-hydrogen) atoms. The third kappa shape index (κ3) is 2.13. The predicted octanol–water partition coefficient (Wildman–Crippen LogP) is 3.27. The van der Waals surface area contributed by atoms with E-state index in [9.17, 15) is 9.90 Å². The molecule has 0 aromatic heterocycles. The van der Waals surface area contributed by atoms with Crippen molar-refractivity contribution in [3.8, 4) is 5.75 Å². The molecular formula is C17H19NO2. The minimum atomic E-state index is -0.0653. The molecule has 2 atom stereocenters. The number of rotatable bonds is 1. The average Bonchev–Trinajstić information content (AvgIpc) is 2.77. The topological polar surface area (TPSA) is 40.5 Å². The van der Waals surface area contributed by atoms with Crippen molar-refractivity contribution in [1.82, 2.24) is 4.90 Å². The Morgan fingerprint density at radius 2 is 1.65 bits per heavy atom.